The largest absolute Gasteiger partial charge is 0.319 e. The number of likely N-dealkylation sites (N-methyl/N-ethyl adjacent to an activating group) is 1. The summed E-state index contributed by atoms with van der Waals surface area (Å²) in [7, 11) is 1.93. The third-order valence-electron chi connectivity index (χ3n) is 2.21. The summed E-state index contributed by atoms with van der Waals surface area (Å²) in [5, 5.41) is 4.15. The van der Waals surface area contributed by atoms with E-state index in [1.54, 1.807) is 0 Å². The van der Waals surface area contributed by atoms with E-state index in [1.165, 1.54) is 0 Å². The summed E-state index contributed by atoms with van der Waals surface area (Å²) in [5.41, 5.74) is 0.985. The number of para-hydroxylation sites is 1. The van der Waals surface area contributed by atoms with Crippen molar-refractivity contribution >= 4 is 26.8 Å². The van der Waals surface area contributed by atoms with Crippen LogP contribution < -0.4 is 5.32 Å². The van der Waals surface area contributed by atoms with Gasteiger partial charge in [0.25, 0.3) is 0 Å². The molecule has 0 radical (unpaired) electrons. The first-order chi connectivity index (χ1) is 7.31. The van der Waals surface area contributed by atoms with Crippen molar-refractivity contribution in [3.05, 3.63) is 34.7 Å². The highest BCUT2D eigenvalue weighted by atomic mass is 79.9. The monoisotopic (exact) mass is 265 g/mol. The van der Waals surface area contributed by atoms with Crippen molar-refractivity contribution in [2.45, 2.75) is 6.42 Å². The minimum Gasteiger partial charge on any atom is -0.319 e. The Bertz CT molecular complexity index is 470. The average Bonchev–Trinajstić information content (AvgIpc) is 2.27. The number of hydrogen-bond acceptors (Lipinski definition) is 3. The fraction of sp³-hybridized carbons (Fsp3) is 0.273. The van der Waals surface area contributed by atoms with Gasteiger partial charge in [-0.1, -0.05) is 12.1 Å². The molecule has 2 rings (SSSR count). The van der Waals surface area contributed by atoms with Crippen LogP contribution >= 0.6 is 15.9 Å². The minimum atomic E-state index is 0.855. The SMILES string of the molecule is CNCCc1ncc2cccc(Br)c2n1. The number of hydrogen-bond donors (Lipinski definition) is 1. The number of nitrogens with one attached hydrogen (secondary N) is 1. The molecule has 0 unspecified atom stereocenters. The first-order valence-corrected chi connectivity index (χ1v) is 5.65. The van der Waals surface area contributed by atoms with Crippen LogP contribution in [0.15, 0.2) is 28.9 Å². The maximum absolute atomic E-state index is 4.51. The smallest absolute Gasteiger partial charge is 0.130 e. The maximum Gasteiger partial charge on any atom is 0.130 e. The molecular weight excluding hydrogens is 254 g/mol. The van der Waals surface area contributed by atoms with Gasteiger partial charge in [-0.25, -0.2) is 9.97 Å². The Balaban J connectivity index is 2.41. The Morgan fingerprint density at radius 2 is 2.27 bits per heavy atom. The molecule has 0 atom stereocenters. The van der Waals surface area contributed by atoms with Gasteiger partial charge in [0.05, 0.1) is 5.52 Å². The zero-order chi connectivity index (χ0) is 10.7. The summed E-state index contributed by atoms with van der Waals surface area (Å²) in [4.78, 5) is 8.83. The molecule has 15 heavy (non-hydrogen) atoms. The van der Waals surface area contributed by atoms with Gasteiger partial charge >= 0.3 is 0 Å². The summed E-state index contributed by atoms with van der Waals surface area (Å²) in [6.07, 6.45) is 2.73. The number of benzene rings is 1. The zero-order valence-corrected chi connectivity index (χ0v) is 10.1. The van der Waals surface area contributed by atoms with E-state index in [1.807, 2.05) is 31.4 Å². The van der Waals surface area contributed by atoms with Crippen molar-refractivity contribution in [3.63, 3.8) is 0 Å². The molecular formula is C11H12BrN3. The van der Waals surface area contributed by atoms with Gasteiger partial charge in [-0.3, -0.25) is 0 Å². The van der Waals surface area contributed by atoms with Gasteiger partial charge in [0.2, 0.25) is 0 Å². The van der Waals surface area contributed by atoms with E-state index in [4.69, 9.17) is 0 Å². The number of aromatic nitrogens is 2. The first kappa shape index (κ1) is 10.5. The van der Waals surface area contributed by atoms with Crippen molar-refractivity contribution in [2.75, 3.05) is 13.6 Å². The molecule has 1 aromatic heterocycles. The Hall–Kier alpha value is -1.00. The molecule has 0 bridgehead atoms. The van der Waals surface area contributed by atoms with Gasteiger partial charge in [0, 0.05) is 29.0 Å². The third-order valence-corrected chi connectivity index (χ3v) is 2.85. The predicted molar refractivity (Wildman–Crippen MR) is 64.9 cm³/mol. The van der Waals surface area contributed by atoms with Crippen LogP contribution in [-0.4, -0.2) is 23.6 Å². The average molecular weight is 266 g/mol. The standard InChI is InChI=1S/C11H12BrN3/c1-13-6-5-10-14-7-8-3-2-4-9(12)11(8)15-10/h2-4,7,13H,5-6H2,1H3. The van der Waals surface area contributed by atoms with Crippen LogP contribution in [0.2, 0.25) is 0 Å². The third kappa shape index (κ3) is 2.33. The molecule has 0 saturated heterocycles. The molecule has 1 heterocycles. The Kier molecular flexibility index (Phi) is 3.28. The Morgan fingerprint density at radius 3 is 3.07 bits per heavy atom. The van der Waals surface area contributed by atoms with Crippen LogP contribution in [0.1, 0.15) is 5.82 Å². The summed E-state index contributed by atoms with van der Waals surface area (Å²) < 4.78 is 1.02. The molecule has 0 saturated carbocycles. The van der Waals surface area contributed by atoms with Crippen molar-refractivity contribution < 1.29 is 0 Å². The fourth-order valence-corrected chi connectivity index (χ4v) is 1.88. The molecule has 0 amide bonds. The lowest BCUT2D eigenvalue weighted by atomic mass is 10.2. The molecule has 1 N–H and O–H groups in total. The van der Waals surface area contributed by atoms with E-state index in [-0.39, 0.29) is 0 Å². The lowest BCUT2D eigenvalue weighted by molar-refractivity contribution is 0.759. The lowest BCUT2D eigenvalue weighted by Gasteiger charge is -2.03. The Labute approximate surface area is 97.1 Å². The van der Waals surface area contributed by atoms with Crippen molar-refractivity contribution in [1.29, 1.82) is 0 Å². The lowest BCUT2D eigenvalue weighted by Crippen LogP contribution is -2.12. The highest BCUT2D eigenvalue weighted by Gasteiger charge is 2.02. The molecule has 0 spiro atoms. The van der Waals surface area contributed by atoms with Crippen LogP contribution in [0.5, 0.6) is 0 Å². The summed E-state index contributed by atoms with van der Waals surface area (Å²) in [6, 6.07) is 6.00. The van der Waals surface area contributed by atoms with E-state index in [9.17, 15) is 0 Å². The second-order valence-corrected chi connectivity index (χ2v) is 4.17. The summed E-state index contributed by atoms with van der Waals surface area (Å²) in [6.45, 7) is 0.899. The van der Waals surface area contributed by atoms with Crippen LogP contribution in [0.25, 0.3) is 10.9 Å². The van der Waals surface area contributed by atoms with Gasteiger partial charge in [-0.15, -0.1) is 0 Å². The van der Waals surface area contributed by atoms with E-state index in [0.29, 0.717) is 0 Å². The molecule has 0 fully saturated rings. The van der Waals surface area contributed by atoms with Crippen LogP contribution in [-0.2, 0) is 6.42 Å². The van der Waals surface area contributed by atoms with Crippen LogP contribution in [0.4, 0.5) is 0 Å². The van der Waals surface area contributed by atoms with E-state index in [0.717, 1.165) is 34.2 Å². The van der Waals surface area contributed by atoms with Gasteiger partial charge in [-0.05, 0) is 29.0 Å². The van der Waals surface area contributed by atoms with Crippen molar-refractivity contribution in [1.82, 2.24) is 15.3 Å². The van der Waals surface area contributed by atoms with Crippen molar-refractivity contribution in [3.8, 4) is 0 Å². The summed E-state index contributed by atoms with van der Waals surface area (Å²) in [5.74, 6) is 0.878. The zero-order valence-electron chi connectivity index (χ0n) is 8.50. The predicted octanol–water partition coefficient (Wildman–Crippen LogP) is 2.15. The number of nitrogens with zero attached hydrogens (tertiary/aromatic N) is 2. The normalized spacial score (nSPS) is 10.8. The molecule has 0 aliphatic rings. The molecule has 78 valence electrons. The second-order valence-electron chi connectivity index (χ2n) is 3.32. The van der Waals surface area contributed by atoms with E-state index in [2.05, 4.69) is 31.2 Å². The van der Waals surface area contributed by atoms with Crippen molar-refractivity contribution in [2.24, 2.45) is 0 Å². The van der Waals surface area contributed by atoms with E-state index < -0.39 is 0 Å². The summed E-state index contributed by atoms with van der Waals surface area (Å²) >= 11 is 3.49. The topological polar surface area (TPSA) is 37.8 Å². The quantitative estimate of drug-likeness (QED) is 0.925. The van der Waals surface area contributed by atoms with Gasteiger partial charge in [-0.2, -0.15) is 0 Å². The van der Waals surface area contributed by atoms with Crippen LogP contribution in [0.3, 0.4) is 0 Å². The molecule has 3 nitrogen and oxygen atoms in total. The molecule has 0 aliphatic carbocycles. The molecule has 4 heteroatoms. The van der Waals surface area contributed by atoms with Gasteiger partial charge in [0.1, 0.15) is 5.82 Å². The van der Waals surface area contributed by atoms with Crippen LogP contribution in [0, 0.1) is 0 Å². The Morgan fingerprint density at radius 1 is 1.40 bits per heavy atom. The highest BCUT2D eigenvalue weighted by molar-refractivity contribution is 9.10. The fourth-order valence-electron chi connectivity index (χ4n) is 1.41. The number of rotatable bonds is 3. The molecule has 1 aromatic carbocycles. The van der Waals surface area contributed by atoms with E-state index >= 15 is 0 Å². The minimum absolute atomic E-state index is 0.855. The number of fused-ring (bicyclic) bond motifs is 1. The van der Waals surface area contributed by atoms with Gasteiger partial charge < -0.3 is 5.32 Å². The first-order valence-electron chi connectivity index (χ1n) is 4.86. The maximum atomic E-state index is 4.51. The molecule has 2 aromatic rings. The highest BCUT2D eigenvalue weighted by Crippen LogP contribution is 2.20. The number of halogens is 1. The second kappa shape index (κ2) is 4.68. The van der Waals surface area contributed by atoms with Gasteiger partial charge in [0.15, 0.2) is 0 Å². The molecule has 0 aliphatic heterocycles.